The molecular weight excluding hydrogens is 589 g/mol. The molecule has 0 spiro atoms. The minimum Gasteiger partial charge on any atom is -0.381 e. The number of carbonyl (C=O) groups excluding carboxylic acids is 1. The van der Waals surface area contributed by atoms with E-state index in [0.29, 0.717) is 24.8 Å². The van der Waals surface area contributed by atoms with Gasteiger partial charge in [0.15, 0.2) is 0 Å². The van der Waals surface area contributed by atoms with E-state index in [1.165, 1.54) is 12.1 Å². The molecule has 0 bridgehead atoms. The molecule has 9 nitrogen and oxygen atoms in total. The molecule has 11 heteroatoms. The van der Waals surface area contributed by atoms with Crippen molar-refractivity contribution in [2.75, 3.05) is 50.2 Å². The highest BCUT2D eigenvalue weighted by Gasteiger charge is 2.17. The van der Waals surface area contributed by atoms with E-state index in [1.807, 2.05) is 66.2 Å². The summed E-state index contributed by atoms with van der Waals surface area (Å²) >= 11 is 1.74. The molecule has 45 heavy (non-hydrogen) atoms. The lowest BCUT2D eigenvalue weighted by atomic mass is 10.0. The van der Waals surface area contributed by atoms with Gasteiger partial charge in [0.2, 0.25) is 5.91 Å². The summed E-state index contributed by atoms with van der Waals surface area (Å²) in [5.74, 6) is 1.69. The van der Waals surface area contributed by atoms with Crippen LogP contribution in [0.2, 0.25) is 0 Å². The molecule has 0 radical (unpaired) electrons. The van der Waals surface area contributed by atoms with E-state index >= 15 is 0 Å². The molecule has 1 saturated heterocycles. The highest BCUT2D eigenvalue weighted by atomic mass is 32.2. The zero-order valence-electron chi connectivity index (χ0n) is 25.4. The lowest BCUT2D eigenvalue weighted by Gasteiger charge is -2.22. The summed E-state index contributed by atoms with van der Waals surface area (Å²) < 4.78 is 21.1. The first-order valence-electron chi connectivity index (χ1n) is 15.0. The van der Waals surface area contributed by atoms with Crippen LogP contribution in [0.4, 0.5) is 21.6 Å². The maximum absolute atomic E-state index is 13.7. The topological polar surface area (TPSA) is 97.2 Å². The lowest BCUT2D eigenvalue weighted by molar-refractivity contribution is -0.111. The quantitative estimate of drug-likeness (QED) is 0.127. The Hall–Kier alpha value is -4.32. The fourth-order valence-electron chi connectivity index (χ4n) is 5.30. The maximum Gasteiger partial charge on any atom is 0.248 e. The van der Waals surface area contributed by atoms with Gasteiger partial charge >= 0.3 is 0 Å². The molecular formula is C34H36FN7O2S. The van der Waals surface area contributed by atoms with E-state index < -0.39 is 0 Å². The van der Waals surface area contributed by atoms with Crippen LogP contribution in [0.3, 0.4) is 0 Å². The molecule has 6 rings (SSSR count). The number of ether oxygens (including phenoxy) is 1. The second kappa shape index (κ2) is 14.2. The van der Waals surface area contributed by atoms with Gasteiger partial charge in [0.25, 0.3) is 0 Å². The molecule has 0 atom stereocenters. The van der Waals surface area contributed by atoms with Crippen molar-refractivity contribution >= 4 is 56.7 Å². The van der Waals surface area contributed by atoms with Crippen LogP contribution in [0, 0.1) is 11.7 Å². The number of anilines is 3. The van der Waals surface area contributed by atoms with E-state index in [-0.39, 0.29) is 11.7 Å². The van der Waals surface area contributed by atoms with Crippen LogP contribution >= 0.6 is 11.8 Å². The second-order valence-corrected chi connectivity index (χ2v) is 12.5. The van der Waals surface area contributed by atoms with Gasteiger partial charge in [-0.25, -0.2) is 14.4 Å². The van der Waals surface area contributed by atoms with Gasteiger partial charge in [0, 0.05) is 52.9 Å². The van der Waals surface area contributed by atoms with Crippen molar-refractivity contribution in [3.05, 3.63) is 90.7 Å². The number of nitrogens with one attached hydrogen (secondary N) is 2. The standard InChI is InChI=1S/C34H36FN7O2S/c1-41(2)12-4-7-33(43)40-30-17-28-29(18-32(30)45-21-23-10-13-44-14-11-23)36-22-37-34(28)39-27-8-9-31-25(16-27)19-38-42(31)20-24-5-3-6-26(35)15-24/h3-9,15-19,22-23H,10-14,20-21H2,1-2H3,(H,40,43)(H,36,37,39)/b7-4+. The van der Waals surface area contributed by atoms with Crippen LogP contribution in [-0.4, -0.2) is 70.2 Å². The summed E-state index contributed by atoms with van der Waals surface area (Å²) in [5, 5.41) is 12.8. The predicted octanol–water partition coefficient (Wildman–Crippen LogP) is 6.49. The summed E-state index contributed by atoms with van der Waals surface area (Å²) in [6.07, 6.45) is 8.85. The zero-order valence-corrected chi connectivity index (χ0v) is 26.2. The Bertz CT molecular complexity index is 1830. The third-order valence-corrected chi connectivity index (χ3v) is 8.96. The van der Waals surface area contributed by atoms with Crippen molar-refractivity contribution < 1.29 is 13.9 Å². The van der Waals surface area contributed by atoms with Crippen molar-refractivity contribution in [1.82, 2.24) is 24.6 Å². The molecule has 0 aliphatic carbocycles. The van der Waals surface area contributed by atoms with Crippen LogP contribution in [0.15, 0.2) is 84.2 Å². The fraction of sp³-hybridized carbons (Fsp3) is 0.294. The normalized spacial score (nSPS) is 14.1. The van der Waals surface area contributed by atoms with Crippen molar-refractivity contribution in [2.24, 2.45) is 5.92 Å². The van der Waals surface area contributed by atoms with Crippen LogP contribution in [0.25, 0.3) is 21.8 Å². The molecule has 0 saturated carbocycles. The smallest absolute Gasteiger partial charge is 0.248 e. The Labute approximate surface area is 265 Å². The largest absolute Gasteiger partial charge is 0.381 e. The van der Waals surface area contributed by atoms with E-state index in [2.05, 4.69) is 25.7 Å². The Morgan fingerprint density at radius 1 is 1.13 bits per heavy atom. The zero-order chi connectivity index (χ0) is 31.2. The van der Waals surface area contributed by atoms with Crippen LogP contribution in [0.1, 0.15) is 18.4 Å². The Balaban J connectivity index is 1.26. The van der Waals surface area contributed by atoms with Crippen molar-refractivity contribution in [3.8, 4) is 0 Å². The van der Waals surface area contributed by atoms with Crippen molar-refractivity contribution in [3.63, 3.8) is 0 Å². The summed E-state index contributed by atoms with van der Waals surface area (Å²) in [5.41, 5.74) is 4.13. The number of nitrogens with zero attached hydrogens (tertiary/aromatic N) is 5. The number of likely N-dealkylation sites (N-methyl/N-ethyl adjacent to an activating group) is 1. The molecule has 3 heterocycles. The number of carbonyl (C=O) groups is 1. The second-order valence-electron chi connectivity index (χ2n) is 11.4. The molecule has 2 aromatic heterocycles. The van der Waals surface area contributed by atoms with E-state index in [4.69, 9.17) is 4.74 Å². The summed E-state index contributed by atoms with van der Waals surface area (Å²) in [6, 6.07) is 16.5. The molecule has 0 unspecified atom stereocenters. The molecule has 5 aromatic rings. The average molecular weight is 626 g/mol. The number of thioether (sulfide) groups is 1. The van der Waals surface area contributed by atoms with Gasteiger partial charge in [-0.2, -0.15) is 5.10 Å². The van der Waals surface area contributed by atoms with Gasteiger partial charge in [-0.15, -0.1) is 11.8 Å². The monoisotopic (exact) mass is 625 g/mol. The van der Waals surface area contributed by atoms with Gasteiger partial charge in [-0.1, -0.05) is 18.2 Å². The minimum atomic E-state index is -0.263. The number of hydrogen-bond donors (Lipinski definition) is 2. The summed E-state index contributed by atoms with van der Waals surface area (Å²) in [7, 11) is 3.92. The van der Waals surface area contributed by atoms with Crippen LogP contribution < -0.4 is 10.6 Å². The SMILES string of the molecule is CN(C)C/C=C/C(=O)Nc1cc2c(Nc3ccc4c(cnn4Cc4cccc(F)c4)c3)ncnc2cc1SCC1CCOCC1. The fourth-order valence-corrected chi connectivity index (χ4v) is 6.51. The van der Waals surface area contributed by atoms with E-state index in [9.17, 15) is 9.18 Å². The highest BCUT2D eigenvalue weighted by Crippen LogP contribution is 2.36. The average Bonchev–Trinajstić information content (AvgIpc) is 3.42. The van der Waals surface area contributed by atoms with Crippen LogP contribution in [-0.2, 0) is 16.1 Å². The first-order valence-corrected chi connectivity index (χ1v) is 16.0. The highest BCUT2D eigenvalue weighted by molar-refractivity contribution is 7.99. The maximum atomic E-state index is 13.7. The van der Waals surface area contributed by atoms with Crippen molar-refractivity contribution in [1.29, 1.82) is 0 Å². The number of aromatic nitrogens is 4. The number of halogens is 1. The Kier molecular flexibility index (Phi) is 9.68. The Morgan fingerprint density at radius 3 is 2.82 bits per heavy atom. The molecule has 1 aliphatic rings. The lowest BCUT2D eigenvalue weighted by Crippen LogP contribution is -2.17. The molecule has 1 aliphatic heterocycles. The molecule has 1 fully saturated rings. The van der Waals surface area contributed by atoms with Gasteiger partial charge < -0.3 is 20.3 Å². The number of hydrogen-bond acceptors (Lipinski definition) is 8. The molecule has 1 amide bonds. The van der Waals surface area contributed by atoms with E-state index in [0.717, 1.165) is 75.4 Å². The Morgan fingerprint density at radius 2 is 2.00 bits per heavy atom. The van der Waals surface area contributed by atoms with Crippen LogP contribution in [0.5, 0.6) is 0 Å². The molecule has 2 N–H and O–H groups in total. The number of amides is 1. The van der Waals surface area contributed by atoms with E-state index in [1.54, 1.807) is 36.4 Å². The van der Waals surface area contributed by atoms with Crippen molar-refractivity contribution in [2.45, 2.75) is 24.3 Å². The minimum absolute atomic E-state index is 0.184. The number of rotatable bonds is 11. The van der Waals surface area contributed by atoms with Gasteiger partial charge in [-0.3, -0.25) is 9.48 Å². The molecule has 232 valence electrons. The van der Waals surface area contributed by atoms with Gasteiger partial charge in [0.05, 0.1) is 29.5 Å². The first-order chi connectivity index (χ1) is 21.9. The van der Waals surface area contributed by atoms with Gasteiger partial charge in [0.1, 0.15) is 18.0 Å². The van der Waals surface area contributed by atoms with Gasteiger partial charge in [-0.05, 0) is 80.9 Å². The number of fused-ring (bicyclic) bond motifs is 2. The third kappa shape index (κ3) is 7.86. The third-order valence-electron chi connectivity index (χ3n) is 7.68. The summed E-state index contributed by atoms with van der Waals surface area (Å²) in [6.45, 7) is 2.74. The molecule has 3 aromatic carbocycles. The first kappa shape index (κ1) is 30.7. The summed E-state index contributed by atoms with van der Waals surface area (Å²) in [4.78, 5) is 25.0. The number of benzene rings is 3. The predicted molar refractivity (Wildman–Crippen MR) is 179 cm³/mol.